The van der Waals surface area contributed by atoms with Crippen LogP contribution in [0.4, 0.5) is 0 Å². The van der Waals surface area contributed by atoms with Crippen molar-refractivity contribution in [1.82, 2.24) is 4.98 Å². The van der Waals surface area contributed by atoms with Crippen LogP contribution in [0.5, 0.6) is 0 Å². The molecule has 0 spiro atoms. The zero-order valence-corrected chi connectivity index (χ0v) is 14.9. The fourth-order valence-corrected chi connectivity index (χ4v) is 3.28. The average Bonchev–Trinajstić information content (AvgIpc) is 3.27. The summed E-state index contributed by atoms with van der Waals surface area (Å²) < 4.78 is 6.14. The number of carbonyl (C=O) groups is 1. The highest BCUT2D eigenvalue weighted by molar-refractivity contribution is 5.89. The highest BCUT2D eigenvalue weighted by Gasteiger charge is 2.14. The van der Waals surface area contributed by atoms with Gasteiger partial charge in [-0.15, -0.1) is 0 Å². The monoisotopic (exact) mass is 345 g/mol. The molecule has 4 rings (SSSR count). The van der Waals surface area contributed by atoms with Crippen LogP contribution >= 0.6 is 0 Å². The summed E-state index contributed by atoms with van der Waals surface area (Å²) in [5.41, 5.74) is 7.54. The third kappa shape index (κ3) is 2.60. The predicted molar refractivity (Wildman–Crippen MR) is 103 cm³/mol. The molecule has 0 saturated carbocycles. The van der Waals surface area contributed by atoms with E-state index in [0.29, 0.717) is 0 Å². The van der Waals surface area contributed by atoms with Crippen molar-refractivity contribution >= 4 is 16.9 Å². The van der Waals surface area contributed by atoms with Gasteiger partial charge in [0, 0.05) is 11.1 Å². The minimum Gasteiger partial charge on any atom is -0.478 e. The van der Waals surface area contributed by atoms with Gasteiger partial charge < -0.3 is 14.5 Å². The van der Waals surface area contributed by atoms with Gasteiger partial charge in [0.1, 0.15) is 5.58 Å². The van der Waals surface area contributed by atoms with Gasteiger partial charge in [0.25, 0.3) is 0 Å². The smallest absolute Gasteiger partial charge is 0.335 e. The molecular formula is C22H19NO3. The molecule has 0 aliphatic rings. The lowest BCUT2D eigenvalue weighted by atomic mass is 10.0. The minimum atomic E-state index is -0.924. The molecule has 0 unspecified atom stereocenters. The van der Waals surface area contributed by atoms with Gasteiger partial charge in [0.05, 0.1) is 11.3 Å². The van der Waals surface area contributed by atoms with Crippen LogP contribution in [-0.2, 0) is 0 Å². The Labute approximate surface area is 151 Å². The number of hydrogen-bond acceptors (Lipinski definition) is 2. The first-order valence-corrected chi connectivity index (χ1v) is 8.47. The number of aromatic amines is 1. The summed E-state index contributed by atoms with van der Waals surface area (Å²) in [6, 6.07) is 15.0. The Bertz CT molecular complexity index is 1130. The molecule has 2 N–H and O–H groups in total. The second kappa shape index (κ2) is 5.92. The third-order valence-corrected chi connectivity index (χ3v) is 4.92. The number of furan rings is 1. The fourth-order valence-electron chi connectivity index (χ4n) is 3.28. The van der Waals surface area contributed by atoms with Crippen molar-refractivity contribution in [1.29, 1.82) is 0 Å². The van der Waals surface area contributed by atoms with E-state index >= 15 is 0 Å². The van der Waals surface area contributed by atoms with Crippen LogP contribution in [-0.4, -0.2) is 16.1 Å². The Morgan fingerprint density at radius 3 is 2.31 bits per heavy atom. The van der Waals surface area contributed by atoms with E-state index in [0.717, 1.165) is 39.2 Å². The van der Waals surface area contributed by atoms with E-state index in [9.17, 15) is 4.79 Å². The number of H-pyrrole nitrogens is 1. The molecule has 26 heavy (non-hydrogen) atoms. The Kier molecular flexibility index (Phi) is 3.69. The number of hydrogen-bond donors (Lipinski definition) is 2. The zero-order chi connectivity index (χ0) is 18.4. The molecule has 4 heteroatoms. The maximum Gasteiger partial charge on any atom is 0.335 e. The molecule has 0 amide bonds. The van der Waals surface area contributed by atoms with Gasteiger partial charge in [-0.05, 0) is 73.4 Å². The summed E-state index contributed by atoms with van der Waals surface area (Å²) in [5.74, 6) is -0.128. The molecule has 4 nitrogen and oxygen atoms in total. The second-order valence-electron chi connectivity index (χ2n) is 6.66. The normalized spacial score (nSPS) is 11.2. The lowest BCUT2D eigenvalue weighted by molar-refractivity contribution is 0.0697. The van der Waals surface area contributed by atoms with Crippen molar-refractivity contribution in [2.24, 2.45) is 0 Å². The fraction of sp³-hybridized carbons (Fsp3) is 0.136. The molecule has 130 valence electrons. The van der Waals surface area contributed by atoms with Crippen molar-refractivity contribution in [3.05, 3.63) is 70.8 Å². The molecule has 0 fully saturated rings. The third-order valence-electron chi connectivity index (χ3n) is 4.92. The molecule has 0 aliphatic heterocycles. The van der Waals surface area contributed by atoms with Crippen molar-refractivity contribution in [2.75, 3.05) is 0 Å². The topological polar surface area (TPSA) is 66.2 Å². The summed E-state index contributed by atoms with van der Waals surface area (Å²) in [6.45, 7) is 6.27. The van der Waals surface area contributed by atoms with Crippen LogP contribution in [0.2, 0.25) is 0 Å². The first kappa shape index (κ1) is 16.2. The number of fused-ring (bicyclic) bond motifs is 1. The molecule has 2 aromatic heterocycles. The highest BCUT2D eigenvalue weighted by Crippen LogP contribution is 2.34. The van der Waals surface area contributed by atoms with E-state index in [4.69, 9.17) is 9.52 Å². The quantitative estimate of drug-likeness (QED) is 0.499. The van der Waals surface area contributed by atoms with Crippen LogP contribution < -0.4 is 0 Å². The van der Waals surface area contributed by atoms with E-state index in [2.05, 4.69) is 37.9 Å². The Balaban J connectivity index is 1.74. The van der Waals surface area contributed by atoms with Crippen LogP contribution in [0.15, 0.2) is 52.9 Å². The van der Waals surface area contributed by atoms with Gasteiger partial charge in [-0.2, -0.15) is 0 Å². The van der Waals surface area contributed by atoms with Crippen molar-refractivity contribution in [3.8, 4) is 22.7 Å². The number of aryl methyl sites for hydroxylation is 3. The number of rotatable bonds is 3. The average molecular weight is 345 g/mol. The van der Waals surface area contributed by atoms with E-state index in [1.165, 1.54) is 11.1 Å². The number of aromatic carboxylic acids is 1. The Morgan fingerprint density at radius 2 is 1.62 bits per heavy atom. The summed E-state index contributed by atoms with van der Waals surface area (Å²) in [6.07, 6.45) is 0. The summed E-state index contributed by atoms with van der Waals surface area (Å²) in [5, 5.41) is 10.1. The number of benzene rings is 2. The highest BCUT2D eigenvalue weighted by atomic mass is 16.4. The van der Waals surface area contributed by atoms with E-state index in [1.54, 1.807) is 24.3 Å². The minimum absolute atomic E-state index is 0.277. The van der Waals surface area contributed by atoms with Crippen molar-refractivity contribution < 1.29 is 14.3 Å². The van der Waals surface area contributed by atoms with Gasteiger partial charge >= 0.3 is 5.97 Å². The molecule has 2 aromatic carbocycles. The van der Waals surface area contributed by atoms with Crippen molar-refractivity contribution in [3.63, 3.8) is 0 Å². The van der Waals surface area contributed by atoms with Crippen LogP contribution in [0.1, 0.15) is 27.0 Å². The lowest BCUT2D eigenvalue weighted by Gasteiger charge is -2.02. The number of carboxylic acids is 1. The van der Waals surface area contributed by atoms with Crippen molar-refractivity contribution in [2.45, 2.75) is 20.8 Å². The Morgan fingerprint density at radius 1 is 0.923 bits per heavy atom. The van der Waals surface area contributed by atoms with Gasteiger partial charge in [-0.25, -0.2) is 4.79 Å². The number of aromatic nitrogens is 1. The lowest BCUT2D eigenvalue weighted by Crippen LogP contribution is -1.94. The molecule has 0 atom stereocenters. The molecule has 0 saturated heterocycles. The summed E-state index contributed by atoms with van der Waals surface area (Å²) in [4.78, 5) is 14.3. The molecule has 0 bridgehead atoms. The van der Waals surface area contributed by atoms with Crippen LogP contribution in [0, 0.1) is 20.8 Å². The molecule has 2 heterocycles. The Hall–Kier alpha value is -3.27. The summed E-state index contributed by atoms with van der Waals surface area (Å²) >= 11 is 0. The first-order valence-electron chi connectivity index (χ1n) is 8.47. The van der Waals surface area contributed by atoms with Gasteiger partial charge in [-0.3, -0.25) is 0 Å². The SMILES string of the molecule is Cc1cc(C)c2cc(-c3ccc(-c4ccc(C(=O)O)cc4)[nH]3)oc2c1C. The van der Waals surface area contributed by atoms with Crippen LogP contribution in [0.3, 0.4) is 0 Å². The summed E-state index contributed by atoms with van der Waals surface area (Å²) in [7, 11) is 0. The molecule has 0 aliphatic carbocycles. The molecule has 4 aromatic rings. The van der Waals surface area contributed by atoms with Gasteiger partial charge in [0.15, 0.2) is 5.76 Å². The van der Waals surface area contributed by atoms with E-state index < -0.39 is 5.97 Å². The second-order valence-corrected chi connectivity index (χ2v) is 6.66. The van der Waals surface area contributed by atoms with Gasteiger partial charge in [0.2, 0.25) is 0 Å². The standard InChI is InChI=1S/C22H19NO3/c1-12-10-13(2)17-11-20(26-21(17)14(12)3)19-9-8-18(23-19)15-4-6-16(7-5-15)22(24)25/h4-11,23H,1-3H3,(H,24,25). The molecular weight excluding hydrogens is 326 g/mol. The van der Waals surface area contributed by atoms with Crippen LogP contribution in [0.25, 0.3) is 33.7 Å². The predicted octanol–water partition coefficient (Wildman–Crippen LogP) is 5.72. The maximum atomic E-state index is 11.0. The number of nitrogens with one attached hydrogen (secondary N) is 1. The molecule has 0 radical (unpaired) electrons. The maximum absolute atomic E-state index is 11.0. The van der Waals surface area contributed by atoms with E-state index in [-0.39, 0.29) is 5.56 Å². The first-order chi connectivity index (χ1) is 12.4. The largest absolute Gasteiger partial charge is 0.478 e. The van der Waals surface area contributed by atoms with Gasteiger partial charge in [-0.1, -0.05) is 18.2 Å². The van der Waals surface area contributed by atoms with E-state index in [1.807, 2.05) is 12.1 Å². The number of carboxylic acid groups (broad SMARTS) is 1. The zero-order valence-electron chi connectivity index (χ0n) is 14.9.